The van der Waals surface area contributed by atoms with Crippen LogP contribution >= 0.6 is 0 Å². The number of aliphatic hydroxyl groups excluding tert-OH is 4. The molecule has 5 atom stereocenters. The average molecular weight is 192 g/mol. The zero-order valence-electron chi connectivity index (χ0n) is 6.83. The summed E-state index contributed by atoms with van der Waals surface area (Å²) in [5.41, 5.74) is 0. The summed E-state index contributed by atoms with van der Waals surface area (Å²) in [6.45, 7) is -0.482. The highest BCUT2D eigenvalue weighted by molar-refractivity contribution is 5.00. The Labute approximate surface area is 74.3 Å². The van der Waals surface area contributed by atoms with Gasteiger partial charge in [-0.25, -0.2) is 0 Å². The van der Waals surface area contributed by atoms with Crippen LogP contribution in [0.2, 0.25) is 0 Å². The standard InChI is InChI=1S/C7H12O6/c8-2-7-6(11)5(10)4(9)3(13-7)1-12-7/h3-6,8-11H,1-2H2/t3-,4+,5+,6+,7+/m1/s1. The highest BCUT2D eigenvalue weighted by atomic mass is 16.8. The zero-order valence-corrected chi connectivity index (χ0v) is 6.83. The summed E-state index contributed by atoms with van der Waals surface area (Å²) >= 11 is 0. The van der Waals surface area contributed by atoms with Gasteiger partial charge in [-0.1, -0.05) is 0 Å². The third-order valence-electron chi connectivity index (χ3n) is 2.57. The summed E-state index contributed by atoms with van der Waals surface area (Å²) in [6, 6.07) is 0. The Morgan fingerprint density at radius 2 is 1.92 bits per heavy atom. The molecule has 2 rings (SSSR count). The minimum absolute atomic E-state index is 0.0653. The van der Waals surface area contributed by atoms with Crippen LogP contribution in [0.3, 0.4) is 0 Å². The van der Waals surface area contributed by atoms with Crippen LogP contribution in [-0.2, 0) is 9.47 Å². The van der Waals surface area contributed by atoms with E-state index >= 15 is 0 Å². The molecule has 6 heteroatoms. The van der Waals surface area contributed by atoms with Gasteiger partial charge in [0, 0.05) is 0 Å². The molecule has 2 fully saturated rings. The average Bonchev–Trinajstić information content (AvgIpc) is 2.55. The van der Waals surface area contributed by atoms with Crippen molar-refractivity contribution in [3.05, 3.63) is 0 Å². The van der Waals surface area contributed by atoms with Gasteiger partial charge in [0.2, 0.25) is 5.79 Å². The van der Waals surface area contributed by atoms with Crippen molar-refractivity contribution in [1.29, 1.82) is 0 Å². The first-order valence-corrected chi connectivity index (χ1v) is 4.07. The fraction of sp³-hybridized carbons (Fsp3) is 1.00. The number of aliphatic hydroxyl groups is 4. The van der Waals surface area contributed by atoms with E-state index in [1.165, 1.54) is 0 Å². The van der Waals surface area contributed by atoms with E-state index in [1.54, 1.807) is 0 Å². The molecule has 2 aliphatic heterocycles. The van der Waals surface area contributed by atoms with Gasteiger partial charge in [0.25, 0.3) is 0 Å². The van der Waals surface area contributed by atoms with E-state index in [2.05, 4.69) is 0 Å². The van der Waals surface area contributed by atoms with E-state index in [0.29, 0.717) is 0 Å². The lowest BCUT2D eigenvalue weighted by Gasteiger charge is -2.39. The maximum atomic E-state index is 9.47. The number of hydrogen-bond acceptors (Lipinski definition) is 6. The predicted octanol–water partition coefficient (Wildman–Crippen LogP) is -2.81. The van der Waals surface area contributed by atoms with Crippen LogP contribution < -0.4 is 0 Å². The smallest absolute Gasteiger partial charge is 0.221 e. The van der Waals surface area contributed by atoms with Crippen molar-refractivity contribution in [3.8, 4) is 0 Å². The Bertz CT molecular complexity index is 209. The molecule has 0 aromatic heterocycles. The van der Waals surface area contributed by atoms with Crippen LogP contribution in [0, 0.1) is 0 Å². The van der Waals surface area contributed by atoms with Crippen LogP contribution in [0.25, 0.3) is 0 Å². The van der Waals surface area contributed by atoms with E-state index in [9.17, 15) is 15.3 Å². The summed E-state index contributed by atoms with van der Waals surface area (Å²) in [6.07, 6.45) is -4.61. The van der Waals surface area contributed by atoms with Gasteiger partial charge in [-0.05, 0) is 0 Å². The Kier molecular flexibility index (Phi) is 2.06. The van der Waals surface area contributed by atoms with E-state index in [4.69, 9.17) is 14.6 Å². The molecular weight excluding hydrogens is 180 g/mol. The molecule has 2 saturated heterocycles. The molecule has 0 aliphatic carbocycles. The maximum Gasteiger partial charge on any atom is 0.221 e. The van der Waals surface area contributed by atoms with Gasteiger partial charge in [-0.2, -0.15) is 0 Å². The molecule has 0 spiro atoms. The molecule has 2 aliphatic rings. The molecule has 0 radical (unpaired) electrons. The van der Waals surface area contributed by atoms with Gasteiger partial charge < -0.3 is 29.9 Å². The van der Waals surface area contributed by atoms with Crippen LogP contribution in [0.5, 0.6) is 0 Å². The summed E-state index contributed by atoms with van der Waals surface area (Å²) < 4.78 is 10.1. The van der Waals surface area contributed by atoms with E-state index in [0.717, 1.165) is 0 Å². The number of ether oxygens (including phenoxy) is 2. The van der Waals surface area contributed by atoms with Crippen LogP contribution in [0.15, 0.2) is 0 Å². The van der Waals surface area contributed by atoms with E-state index in [1.807, 2.05) is 0 Å². The largest absolute Gasteiger partial charge is 0.391 e. The normalized spacial score (nSPS) is 55.4. The SMILES string of the molecule is OC[C@]12OC[C@@H](O1)[C@H](O)[C@H](O)[C@@H]2O. The van der Waals surface area contributed by atoms with Crippen molar-refractivity contribution < 1.29 is 29.9 Å². The molecule has 2 heterocycles. The lowest BCUT2D eigenvalue weighted by Crippen LogP contribution is -2.62. The molecule has 6 nitrogen and oxygen atoms in total. The molecule has 76 valence electrons. The molecular formula is C7H12O6. The highest BCUT2D eigenvalue weighted by Crippen LogP contribution is 2.36. The van der Waals surface area contributed by atoms with Crippen LogP contribution in [0.1, 0.15) is 0 Å². The first-order chi connectivity index (χ1) is 6.10. The van der Waals surface area contributed by atoms with Gasteiger partial charge in [0.05, 0.1) is 6.61 Å². The van der Waals surface area contributed by atoms with Gasteiger partial charge >= 0.3 is 0 Å². The van der Waals surface area contributed by atoms with Crippen molar-refractivity contribution >= 4 is 0 Å². The first-order valence-electron chi connectivity index (χ1n) is 4.07. The van der Waals surface area contributed by atoms with Crippen LogP contribution in [0.4, 0.5) is 0 Å². The Balaban J connectivity index is 2.25. The maximum absolute atomic E-state index is 9.47. The molecule has 0 saturated carbocycles. The zero-order chi connectivity index (χ0) is 9.64. The predicted molar refractivity (Wildman–Crippen MR) is 38.7 cm³/mol. The second-order valence-electron chi connectivity index (χ2n) is 3.36. The van der Waals surface area contributed by atoms with Crippen molar-refractivity contribution in [3.63, 3.8) is 0 Å². The number of hydrogen-bond donors (Lipinski definition) is 4. The van der Waals surface area contributed by atoms with Gasteiger partial charge in [-0.15, -0.1) is 0 Å². The third-order valence-corrected chi connectivity index (χ3v) is 2.57. The molecule has 0 aromatic rings. The van der Waals surface area contributed by atoms with Crippen molar-refractivity contribution in [1.82, 2.24) is 0 Å². The Hall–Kier alpha value is -0.240. The topological polar surface area (TPSA) is 99.4 Å². The van der Waals surface area contributed by atoms with Crippen molar-refractivity contribution in [2.75, 3.05) is 13.2 Å². The lowest BCUT2D eigenvalue weighted by atomic mass is 9.95. The molecule has 2 bridgehead atoms. The van der Waals surface area contributed by atoms with Gasteiger partial charge in [-0.3, -0.25) is 0 Å². The third kappa shape index (κ3) is 1.11. The van der Waals surface area contributed by atoms with E-state index in [-0.39, 0.29) is 6.61 Å². The minimum Gasteiger partial charge on any atom is -0.391 e. The highest BCUT2D eigenvalue weighted by Gasteiger charge is 2.58. The monoisotopic (exact) mass is 192 g/mol. The van der Waals surface area contributed by atoms with E-state index < -0.39 is 36.8 Å². The Morgan fingerprint density at radius 1 is 1.23 bits per heavy atom. The van der Waals surface area contributed by atoms with Gasteiger partial charge in [0.1, 0.15) is 31.0 Å². The molecule has 4 N–H and O–H groups in total. The fourth-order valence-electron chi connectivity index (χ4n) is 1.71. The first kappa shape index (κ1) is 9.32. The summed E-state index contributed by atoms with van der Waals surface area (Å²) in [5.74, 6) is -1.55. The molecule has 13 heavy (non-hydrogen) atoms. The number of fused-ring (bicyclic) bond motifs is 2. The molecule has 0 unspecified atom stereocenters. The van der Waals surface area contributed by atoms with Gasteiger partial charge in [0.15, 0.2) is 0 Å². The second kappa shape index (κ2) is 2.88. The van der Waals surface area contributed by atoms with Crippen LogP contribution in [-0.4, -0.2) is 63.8 Å². The Morgan fingerprint density at radius 3 is 2.54 bits per heavy atom. The molecule has 0 aromatic carbocycles. The second-order valence-corrected chi connectivity index (χ2v) is 3.36. The molecule has 0 amide bonds. The minimum atomic E-state index is -1.55. The summed E-state index contributed by atoms with van der Waals surface area (Å²) in [7, 11) is 0. The number of rotatable bonds is 1. The van der Waals surface area contributed by atoms with Crippen molar-refractivity contribution in [2.45, 2.75) is 30.2 Å². The summed E-state index contributed by atoms with van der Waals surface area (Å²) in [5, 5.41) is 37.1. The quantitative estimate of drug-likeness (QED) is 0.358. The van der Waals surface area contributed by atoms with Crippen molar-refractivity contribution in [2.24, 2.45) is 0 Å². The lowest BCUT2D eigenvalue weighted by molar-refractivity contribution is -0.305. The fourth-order valence-corrected chi connectivity index (χ4v) is 1.71. The summed E-state index contributed by atoms with van der Waals surface area (Å²) in [4.78, 5) is 0.